The molecule has 0 bridgehead atoms. The number of nitrogens with zero attached hydrogens (tertiary/aromatic N) is 1. The minimum absolute atomic E-state index is 0.336. The van der Waals surface area contributed by atoms with Gasteiger partial charge in [0.25, 0.3) is 0 Å². The van der Waals surface area contributed by atoms with Crippen molar-refractivity contribution in [1.82, 2.24) is 4.98 Å². The minimum atomic E-state index is -4.49. The molecule has 6 nitrogen and oxygen atoms in total. The van der Waals surface area contributed by atoms with Crippen LogP contribution in [0.5, 0.6) is 0 Å². The molecule has 1 aromatic heterocycles. The monoisotopic (exact) mass is 389 g/mol. The van der Waals surface area contributed by atoms with Crippen LogP contribution < -0.4 is 0 Å². The number of ether oxygens (including phenoxy) is 5. The third-order valence-electron chi connectivity index (χ3n) is 4.89. The van der Waals surface area contributed by atoms with Crippen LogP contribution in [-0.2, 0) is 29.9 Å². The van der Waals surface area contributed by atoms with Gasteiger partial charge in [0.1, 0.15) is 36.2 Å². The number of aromatic nitrogens is 1. The normalized spacial score (nSPS) is 37.5. The van der Waals surface area contributed by atoms with Crippen LogP contribution in [0.3, 0.4) is 0 Å². The van der Waals surface area contributed by atoms with Crippen molar-refractivity contribution in [3.8, 4) is 0 Å². The molecular formula is C18H22F3NO5. The van der Waals surface area contributed by atoms with Crippen LogP contribution in [0.1, 0.15) is 45.1 Å². The summed E-state index contributed by atoms with van der Waals surface area (Å²) in [7, 11) is 0. The number of fused-ring (bicyclic) bond motifs is 1. The number of rotatable bonds is 2. The Morgan fingerprint density at radius 3 is 2.22 bits per heavy atom. The van der Waals surface area contributed by atoms with Gasteiger partial charge in [0.15, 0.2) is 11.6 Å². The molecular weight excluding hydrogens is 367 g/mol. The molecule has 0 unspecified atom stereocenters. The second kappa shape index (κ2) is 6.12. The average molecular weight is 389 g/mol. The van der Waals surface area contributed by atoms with Crippen molar-refractivity contribution in [2.24, 2.45) is 0 Å². The summed E-state index contributed by atoms with van der Waals surface area (Å²) in [5.74, 6) is -1.56. The topological polar surface area (TPSA) is 59.0 Å². The van der Waals surface area contributed by atoms with Gasteiger partial charge in [-0.15, -0.1) is 0 Å². The van der Waals surface area contributed by atoms with E-state index in [2.05, 4.69) is 4.98 Å². The minimum Gasteiger partial charge on any atom is -0.362 e. The third-order valence-corrected chi connectivity index (χ3v) is 4.89. The summed E-state index contributed by atoms with van der Waals surface area (Å²) in [4.78, 5) is 3.53. The van der Waals surface area contributed by atoms with Crippen molar-refractivity contribution >= 4 is 0 Å². The highest BCUT2D eigenvalue weighted by Gasteiger charge is 2.59. The van der Waals surface area contributed by atoms with Gasteiger partial charge in [-0.3, -0.25) is 4.98 Å². The summed E-state index contributed by atoms with van der Waals surface area (Å²) in [6.45, 7) is 7.54. The van der Waals surface area contributed by atoms with Crippen LogP contribution in [0.4, 0.5) is 13.2 Å². The SMILES string of the molecule is CC1(C)O[C@@H]2[C@H](O1)[C@@H](c1ccc(C(F)(F)F)nc1)O[C@@H]2[C@H]1COC(C)(C)O1. The van der Waals surface area contributed by atoms with Gasteiger partial charge < -0.3 is 23.7 Å². The number of hydrogen-bond donors (Lipinski definition) is 0. The molecule has 4 heterocycles. The highest BCUT2D eigenvalue weighted by molar-refractivity contribution is 5.22. The van der Waals surface area contributed by atoms with E-state index in [1.54, 1.807) is 13.8 Å². The number of pyridine rings is 1. The first-order valence-corrected chi connectivity index (χ1v) is 8.81. The van der Waals surface area contributed by atoms with Crippen molar-refractivity contribution in [1.29, 1.82) is 0 Å². The van der Waals surface area contributed by atoms with E-state index in [1.165, 1.54) is 12.3 Å². The summed E-state index contributed by atoms with van der Waals surface area (Å²) >= 11 is 0. The Kier molecular flexibility index (Phi) is 4.32. The summed E-state index contributed by atoms with van der Waals surface area (Å²) < 4.78 is 68.0. The van der Waals surface area contributed by atoms with Gasteiger partial charge in [0.05, 0.1) is 6.61 Å². The van der Waals surface area contributed by atoms with E-state index in [1.807, 2.05) is 13.8 Å². The second-order valence-corrected chi connectivity index (χ2v) is 7.93. The molecule has 0 N–H and O–H groups in total. The maximum atomic E-state index is 12.8. The lowest BCUT2D eigenvalue weighted by Gasteiger charge is -2.27. The van der Waals surface area contributed by atoms with E-state index < -0.39 is 47.9 Å². The molecule has 0 aromatic carbocycles. The largest absolute Gasteiger partial charge is 0.433 e. The molecule has 1 aromatic rings. The van der Waals surface area contributed by atoms with E-state index in [0.717, 1.165) is 6.07 Å². The first kappa shape index (κ1) is 19.1. The standard InChI is InChI=1S/C18H22F3NO5/c1-16(2)23-8-10(25-16)13-15-14(26-17(3,4)27-15)12(24-13)9-5-6-11(22-7-9)18(19,20)21/h5-7,10,12-15H,8H2,1-4H3/t10-,12-,13-,14-,15+/m1/s1. The van der Waals surface area contributed by atoms with Gasteiger partial charge in [0, 0.05) is 11.8 Å². The molecule has 3 fully saturated rings. The Labute approximate surface area is 154 Å². The van der Waals surface area contributed by atoms with E-state index >= 15 is 0 Å². The maximum Gasteiger partial charge on any atom is 0.433 e. The van der Waals surface area contributed by atoms with Crippen LogP contribution in [-0.4, -0.2) is 47.6 Å². The molecule has 0 saturated carbocycles. The molecule has 3 aliphatic rings. The van der Waals surface area contributed by atoms with Gasteiger partial charge in [-0.1, -0.05) is 6.07 Å². The molecule has 4 rings (SSSR count). The first-order chi connectivity index (χ1) is 12.5. The zero-order valence-electron chi connectivity index (χ0n) is 15.4. The van der Waals surface area contributed by atoms with Crippen LogP contribution in [0.2, 0.25) is 0 Å². The van der Waals surface area contributed by atoms with Crippen molar-refractivity contribution in [3.63, 3.8) is 0 Å². The highest BCUT2D eigenvalue weighted by Crippen LogP contribution is 2.47. The Hall–Kier alpha value is -1.26. The third kappa shape index (κ3) is 3.58. The predicted molar refractivity (Wildman–Crippen MR) is 85.6 cm³/mol. The second-order valence-electron chi connectivity index (χ2n) is 7.93. The van der Waals surface area contributed by atoms with Crippen LogP contribution in [0.15, 0.2) is 18.3 Å². The highest BCUT2D eigenvalue weighted by atomic mass is 19.4. The lowest BCUT2D eigenvalue weighted by Crippen LogP contribution is -2.40. The Balaban J connectivity index is 1.60. The molecule has 3 aliphatic heterocycles. The fourth-order valence-corrected chi connectivity index (χ4v) is 3.82. The quantitative estimate of drug-likeness (QED) is 0.774. The first-order valence-electron chi connectivity index (χ1n) is 8.81. The van der Waals surface area contributed by atoms with E-state index in [-0.39, 0.29) is 6.10 Å². The Morgan fingerprint density at radius 2 is 1.67 bits per heavy atom. The number of hydrogen-bond acceptors (Lipinski definition) is 6. The molecule has 0 spiro atoms. The zero-order chi connectivity index (χ0) is 19.6. The molecule has 0 amide bonds. The molecule has 5 atom stereocenters. The molecule has 150 valence electrons. The lowest BCUT2D eigenvalue weighted by atomic mass is 10.0. The summed E-state index contributed by atoms with van der Waals surface area (Å²) in [5, 5.41) is 0. The van der Waals surface area contributed by atoms with Crippen molar-refractivity contribution in [2.75, 3.05) is 6.61 Å². The summed E-state index contributed by atoms with van der Waals surface area (Å²) in [5.41, 5.74) is -0.449. The molecule has 27 heavy (non-hydrogen) atoms. The van der Waals surface area contributed by atoms with Gasteiger partial charge in [-0.2, -0.15) is 13.2 Å². The summed E-state index contributed by atoms with van der Waals surface area (Å²) in [6.07, 6.45) is -5.65. The van der Waals surface area contributed by atoms with Gasteiger partial charge in [-0.25, -0.2) is 0 Å². The van der Waals surface area contributed by atoms with Gasteiger partial charge in [-0.05, 0) is 33.8 Å². The number of alkyl halides is 3. The van der Waals surface area contributed by atoms with Crippen LogP contribution >= 0.6 is 0 Å². The fraction of sp³-hybridized carbons (Fsp3) is 0.722. The lowest BCUT2D eigenvalue weighted by molar-refractivity contribution is -0.207. The summed E-state index contributed by atoms with van der Waals surface area (Å²) in [6, 6.07) is 2.31. The van der Waals surface area contributed by atoms with E-state index in [0.29, 0.717) is 12.2 Å². The van der Waals surface area contributed by atoms with Crippen molar-refractivity contribution in [2.45, 2.75) is 76.0 Å². The Bertz CT molecular complexity index is 706. The van der Waals surface area contributed by atoms with Crippen LogP contribution in [0, 0.1) is 0 Å². The van der Waals surface area contributed by atoms with E-state index in [9.17, 15) is 13.2 Å². The van der Waals surface area contributed by atoms with Crippen molar-refractivity contribution < 1.29 is 36.9 Å². The smallest absolute Gasteiger partial charge is 0.362 e. The fourth-order valence-electron chi connectivity index (χ4n) is 3.82. The zero-order valence-corrected chi connectivity index (χ0v) is 15.4. The van der Waals surface area contributed by atoms with Crippen molar-refractivity contribution in [3.05, 3.63) is 29.6 Å². The maximum absolute atomic E-state index is 12.8. The number of halogens is 3. The van der Waals surface area contributed by atoms with E-state index in [4.69, 9.17) is 23.7 Å². The van der Waals surface area contributed by atoms with Crippen LogP contribution in [0.25, 0.3) is 0 Å². The Morgan fingerprint density at radius 1 is 0.963 bits per heavy atom. The average Bonchev–Trinajstić information content (AvgIpc) is 3.16. The predicted octanol–water partition coefficient (Wildman–Crippen LogP) is 3.21. The molecule has 9 heteroatoms. The van der Waals surface area contributed by atoms with Gasteiger partial charge >= 0.3 is 6.18 Å². The molecule has 0 aliphatic carbocycles. The van der Waals surface area contributed by atoms with Gasteiger partial charge in [0.2, 0.25) is 0 Å². The molecule has 3 saturated heterocycles. The molecule has 0 radical (unpaired) electrons.